The van der Waals surface area contributed by atoms with E-state index in [0.29, 0.717) is 19.4 Å². The summed E-state index contributed by atoms with van der Waals surface area (Å²) in [5, 5.41) is 12.3. The molecule has 2 aromatic carbocycles. The van der Waals surface area contributed by atoms with Crippen LogP contribution >= 0.6 is 0 Å². The highest BCUT2D eigenvalue weighted by Crippen LogP contribution is 2.49. The number of benzene rings is 2. The Morgan fingerprint density at radius 2 is 1.89 bits per heavy atom. The molecule has 5 heteroatoms. The molecule has 0 saturated carbocycles. The molecule has 1 spiro atoms. The van der Waals surface area contributed by atoms with Crippen LogP contribution in [0.25, 0.3) is 0 Å². The largest absolute Gasteiger partial charge is 0.396 e. The molecule has 27 heavy (non-hydrogen) atoms. The number of aliphatic hydroxyl groups is 1. The molecule has 2 amide bonds. The predicted octanol–water partition coefficient (Wildman–Crippen LogP) is 2.49. The average Bonchev–Trinajstić information content (AvgIpc) is 3.21. The van der Waals surface area contributed by atoms with Crippen LogP contribution in [-0.2, 0) is 21.4 Å². The summed E-state index contributed by atoms with van der Waals surface area (Å²) in [5.41, 5.74) is 2.34. The molecule has 2 aromatic rings. The van der Waals surface area contributed by atoms with Crippen LogP contribution in [0.1, 0.15) is 30.4 Å². The summed E-state index contributed by atoms with van der Waals surface area (Å²) in [4.78, 5) is 27.6. The minimum absolute atomic E-state index is 0.0129. The van der Waals surface area contributed by atoms with E-state index in [-0.39, 0.29) is 30.9 Å². The summed E-state index contributed by atoms with van der Waals surface area (Å²) in [5.74, 6) is -0.0920. The van der Waals surface area contributed by atoms with E-state index in [1.165, 1.54) is 5.56 Å². The van der Waals surface area contributed by atoms with Crippen molar-refractivity contribution in [2.45, 2.75) is 37.1 Å². The number of aliphatic hydroxyl groups excluding tert-OH is 1. The van der Waals surface area contributed by atoms with Crippen molar-refractivity contribution in [3.05, 3.63) is 65.7 Å². The molecule has 2 aliphatic heterocycles. The molecule has 1 fully saturated rings. The third-order valence-electron chi connectivity index (χ3n) is 5.95. The number of amides is 2. The first-order valence-corrected chi connectivity index (χ1v) is 9.52. The Hall–Kier alpha value is -2.66. The zero-order valence-electron chi connectivity index (χ0n) is 15.2. The van der Waals surface area contributed by atoms with Crippen LogP contribution < -0.4 is 5.32 Å². The average molecular weight is 364 g/mol. The third kappa shape index (κ3) is 2.92. The van der Waals surface area contributed by atoms with Crippen LogP contribution in [0.3, 0.4) is 0 Å². The molecule has 5 nitrogen and oxygen atoms in total. The van der Waals surface area contributed by atoms with Gasteiger partial charge < -0.3 is 15.3 Å². The monoisotopic (exact) mass is 364 g/mol. The number of carbonyl (C=O) groups is 2. The molecule has 2 aliphatic rings. The van der Waals surface area contributed by atoms with Crippen molar-refractivity contribution < 1.29 is 14.7 Å². The molecule has 2 atom stereocenters. The Labute approximate surface area is 159 Å². The molecule has 2 N–H and O–H groups in total. The molecule has 4 rings (SSSR count). The van der Waals surface area contributed by atoms with Crippen LogP contribution in [0.2, 0.25) is 0 Å². The van der Waals surface area contributed by atoms with E-state index in [1.807, 2.05) is 47.4 Å². The lowest BCUT2D eigenvalue weighted by Crippen LogP contribution is -2.49. The summed E-state index contributed by atoms with van der Waals surface area (Å²) in [6.07, 6.45) is 2.22. The van der Waals surface area contributed by atoms with E-state index in [4.69, 9.17) is 0 Å². The van der Waals surface area contributed by atoms with Gasteiger partial charge in [0.1, 0.15) is 0 Å². The Morgan fingerprint density at radius 3 is 2.67 bits per heavy atom. The highest BCUT2D eigenvalue weighted by atomic mass is 16.3. The Bertz CT molecular complexity index is 852. The summed E-state index contributed by atoms with van der Waals surface area (Å²) in [6, 6.07) is 17.7. The summed E-state index contributed by atoms with van der Waals surface area (Å²) in [6.45, 7) is 0.372. The standard InChI is InChI=1S/C22H24N2O3/c25-15-12-20(26)24-14-13-22(17-8-4-5-9-18(17)23-21(22)27)19(24)11-10-16-6-2-1-3-7-16/h1-9,19,25H,10-15H2,(H,23,27)/t19-,22+/m0/s1. The van der Waals surface area contributed by atoms with E-state index in [1.54, 1.807) is 0 Å². The molecule has 2 heterocycles. The fourth-order valence-electron chi connectivity index (χ4n) is 4.69. The summed E-state index contributed by atoms with van der Waals surface area (Å²) < 4.78 is 0. The van der Waals surface area contributed by atoms with Gasteiger partial charge >= 0.3 is 0 Å². The predicted molar refractivity (Wildman–Crippen MR) is 103 cm³/mol. The van der Waals surface area contributed by atoms with Gasteiger partial charge in [-0.15, -0.1) is 0 Å². The lowest BCUT2D eigenvalue weighted by Gasteiger charge is -2.34. The number of likely N-dealkylation sites (tertiary alicyclic amines) is 1. The van der Waals surface area contributed by atoms with E-state index < -0.39 is 5.41 Å². The third-order valence-corrected chi connectivity index (χ3v) is 5.95. The zero-order valence-corrected chi connectivity index (χ0v) is 15.2. The fourth-order valence-corrected chi connectivity index (χ4v) is 4.69. The van der Waals surface area contributed by atoms with Crippen LogP contribution in [0, 0.1) is 0 Å². The molecule has 0 unspecified atom stereocenters. The Kier molecular flexibility index (Phi) is 4.70. The van der Waals surface area contributed by atoms with E-state index >= 15 is 0 Å². The van der Waals surface area contributed by atoms with Gasteiger partial charge in [-0.1, -0.05) is 48.5 Å². The Morgan fingerprint density at radius 1 is 1.15 bits per heavy atom. The number of carbonyl (C=O) groups excluding carboxylic acids is 2. The topological polar surface area (TPSA) is 69.6 Å². The molecule has 0 radical (unpaired) electrons. The maximum atomic E-state index is 13.1. The van der Waals surface area contributed by atoms with Crippen molar-refractivity contribution in [3.8, 4) is 0 Å². The first-order chi connectivity index (χ1) is 13.2. The van der Waals surface area contributed by atoms with Gasteiger partial charge in [0.05, 0.1) is 18.1 Å². The van der Waals surface area contributed by atoms with Crippen molar-refractivity contribution in [3.63, 3.8) is 0 Å². The maximum Gasteiger partial charge on any atom is 0.237 e. The number of rotatable bonds is 5. The quantitative estimate of drug-likeness (QED) is 0.856. The van der Waals surface area contributed by atoms with Gasteiger partial charge in [0, 0.05) is 18.7 Å². The molecule has 0 bridgehead atoms. The van der Waals surface area contributed by atoms with Gasteiger partial charge in [-0.2, -0.15) is 0 Å². The highest BCUT2D eigenvalue weighted by molar-refractivity contribution is 6.07. The Balaban J connectivity index is 1.70. The number of para-hydroxylation sites is 1. The molecule has 140 valence electrons. The number of aryl methyl sites for hydroxylation is 1. The molecular formula is C22H24N2O3. The van der Waals surface area contributed by atoms with E-state index in [0.717, 1.165) is 17.7 Å². The van der Waals surface area contributed by atoms with Crippen LogP contribution in [0.5, 0.6) is 0 Å². The maximum absolute atomic E-state index is 13.1. The molecule has 0 aromatic heterocycles. The second-order valence-electron chi connectivity index (χ2n) is 7.32. The molecular weight excluding hydrogens is 340 g/mol. The normalized spacial score (nSPS) is 23.5. The van der Waals surface area contributed by atoms with Crippen molar-refractivity contribution in [1.82, 2.24) is 4.90 Å². The van der Waals surface area contributed by atoms with E-state index in [9.17, 15) is 14.7 Å². The van der Waals surface area contributed by atoms with E-state index in [2.05, 4.69) is 17.4 Å². The lowest BCUT2D eigenvalue weighted by atomic mass is 9.73. The number of hydrogen-bond donors (Lipinski definition) is 2. The van der Waals surface area contributed by atoms with Crippen LogP contribution in [0.15, 0.2) is 54.6 Å². The molecule has 0 aliphatic carbocycles. The smallest absolute Gasteiger partial charge is 0.237 e. The second kappa shape index (κ2) is 7.16. The number of nitrogens with zero attached hydrogens (tertiary/aromatic N) is 1. The van der Waals surface area contributed by atoms with Gasteiger partial charge in [0.25, 0.3) is 0 Å². The number of fused-ring (bicyclic) bond motifs is 2. The lowest BCUT2D eigenvalue weighted by molar-refractivity contribution is -0.134. The second-order valence-corrected chi connectivity index (χ2v) is 7.32. The first kappa shape index (κ1) is 17.7. The van der Waals surface area contributed by atoms with Gasteiger partial charge in [0.15, 0.2) is 0 Å². The van der Waals surface area contributed by atoms with Crippen molar-refractivity contribution in [2.75, 3.05) is 18.5 Å². The SMILES string of the molecule is O=C(CCO)N1CC[C@]2(C(=O)Nc3ccccc32)[C@@H]1CCc1ccccc1. The van der Waals surface area contributed by atoms with Crippen molar-refractivity contribution in [1.29, 1.82) is 0 Å². The summed E-state index contributed by atoms with van der Waals surface area (Å²) in [7, 11) is 0. The number of hydrogen-bond acceptors (Lipinski definition) is 3. The number of nitrogens with one attached hydrogen (secondary N) is 1. The molecule has 1 saturated heterocycles. The van der Waals surface area contributed by atoms with Crippen LogP contribution in [-0.4, -0.2) is 41.0 Å². The fraction of sp³-hybridized carbons (Fsp3) is 0.364. The van der Waals surface area contributed by atoms with Crippen molar-refractivity contribution >= 4 is 17.5 Å². The van der Waals surface area contributed by atoms with Gasteiger partial charge in [-0.3, -0.25) is 9.59 Å². The minimum atomic E-state index is -0.698. The highest BCUT2D eigenvalue weighted by Gasteiger charge is 2.58. The zero-order chi connectivity index (χ0) is 18.9. The minimum Gasteiger partial charge on any atom is -0.396 e. The first-order valence-electron chi connectivity index (χ1n) is 9.52. The summed E-state index contributed by atoms with van der Waals surface area (Å²) >= 11 is 0. The van der Waals surface area contributed by atoms with Crippen LogP contribution in [0.4, 0.5) is 5.69 Å². The van der Waals surface area contributed by atoms with Gasteiger partial charge in [0.2, 0.25) is 11.8 Å². The van der Waals surface area contributed by atoms with Crippen molar-refractivity contribution in [2.24, 2.45) is 0 Å². The van der Waals surface area contributed by atoms with Gasteiger partial charge in [-0.25, -0.2) is 0 Å². The number of anilines is 1. The van der Waals surface area contributed by atoms with Gasteiger partial charge in [-0.05, 0) is 36.5 Å².